The second kappa shape index (κ2) is 9.37. The first-order valence-electron chi connectivity index (χ1n) is 11.9. The average Bonchev–Trinajstić information content (AvgIpc) is 2.75. The van der Waals surface area contributed by atoms with E-state index in [1.165, 1.54) is 5.56 Å². The molecule has 4 aliphatic carbocycles. The van der Waals surface area contributed by atoms with Gasteiger partial charge in [-0.05, 0) is 74.4 Å². The molecule has 0 unspecified atom stereocenters. The van der Waals surface area contributed by atoms with Crippen LogP contribution in [0.2, 0.25) is 0 Å². The monoisotopic (exact) mass is 414 g/mol. The second-order valence-electron chi connectivity index (χ2n) is 9.79. The Labute approximate surface area is 180 Å². The minimum atomic E-state index is -0.125. The van der Waals surface area contributed by atoms with Gasteiger partial charge in [0.2, 0.25) is 5.91 Å². The smallest absolute Gasteiger partial charge is 0.220 e. The SMILES string of the molecule is CCN(CCO)CCCNC(=O)CC1(c2ccccc2)C2CC3CC1CC(C2)C3O. The molecule has 30 heavy (non-hydrogen) atoms. The van der Waals surface area contributed by atoms with E-state index < -0.39 is 0 Å². The van der Waals surface area contributed by atoms with Gasteiger partial charge in [0.05, 0.1) is 12.7 Å². The van der Waals surface area contributed by atoms with E-state index in [0.717, 1.165) is 45.2 Å². The van der Waals surface area contributed by atoms with E-state index in [0.29, 0.717) is 43.2 Å². The van der Waals surface area contributed by atoms with Crippen LogP contribution < -0.4 is 5.32 Å². The topological polar surface area (TPSA) is 72.8 Å². The van der Waals surface area contributed by atoms with Crippen LogP contribution in [-0.4, -0.2) is 59.9 Å². The summed E-state index contributed by atoms with van der Waals surface area (Å²) in [5.74, 6) is 2.02. The summed E-state index contributed by atoms with van der Waals surface area (Å²) >= 11 is 0. The summed E-state index contributed by atoms with van der Waals surface area (Å²) in [6.07, 6.45) is 5.58. The van der Waals surface area contributed by atoms with E-state index in [4.69, 9.17) is 5.11 Å². The van der Waals surface area contributed by atoms with Crippen LogP contribution in [0.1, 0.15) is 51.0 Å². The van der Waals surface area contributed by atoms with Crippen molar-refractivity contribution in [2.45, 2.75) is 57.0 Å². The summed E-state index contributed by atoms with van der Waals surface area (Å²) in [4.78, 5) is 15.3. The van der Waals surface area contributed by atoms with Crippen LogP contribution in [0.4, 0.5) is 0 Å². The lowest BCUT2D eigenvalue weighted by Crippen LogP contribution is -2.61. The van der Waals surface area contributed by atoms with Crippen molar-refractivity contribution in [1.29, 1.82) is 0 Å². The van der Waals surface area contributed by atoms with Gasteiger partial charge in [-0.1, -0.05) is 37.3 Å². The molecule has 0 radical (unpaired) electrons. The number of aliphatic hydroxyl groups is 2. The van der Waals surface area contributed by atoms with Crippen LogP contribution in [0.15, 0.2) is 30.3 Å². The normalized spacial score (nSPS) is 34.5. The highest BCUT2D eigenvalue weighted by atomic mass is 16.3. The molecule has 0 saturated heterocycles. The van der Waals surface area contributed by atoms with Crippen LogP contribution in [0.5, 0.6) is 0 Å². The number of nitrogens with one attached hydrogen (secondary N) is 1. The summed E-state index contributed by atoms with van der Waals surface area (Å²) < 4.78 is 0. The summed E-state index contributed by atoms with van der Waals surface area (Å²) in [7, 11) is 0. The molecule has 4 bridgehead atoms. The lowest BCUT2D eigenvalue weighted by Gasteiger charge is -2.63. The number of rotatable bonds is 10. The molecule has 5 nitrogen and oxygen atoms in total. The fourth-order valence-electron chi connectivity index (χ4n) is 7.00. The quantitative estimate of drug-likeness (QED) is 0.515. The molecular formula is C25H38N2O3. The third-order valence-electron chi connectivity index (χ3n) is 8.37. The molecule has 1 aromatic rings. The fourth-order valence-corrected chi connectivity index (χ4v) is 7.00. The standard InChI is InChI=1S/C25H38N2O3/c1-2-27(11-12-28)10-6-9-26-23(29)17-25(20-7-4-3-5-8-20)21-13-18-14-22(25)16-19(15-21)24(18)30/h3-5,7-8,18-19,21-22,24,28,30H,2,6,9-17H2,1H3,(H,26,29). The Morgan fingerprint density at radius 1 is 1.10 bits per heavy atom. The second-order valence-corrected chi connectivity index (χ2v) is 9.79. The first-order chi connectivity index (χ1) is 14.6. The van der Waals surface area contributed by atoms with E-state index in [2.05, 4.69) is 47.5 Å². The Bertz CT molecular complexity index is 678. The van der Waals surface area contributed by atoms with Crippen molar-refractivity contribution >= 4 is 5.91 Å². The molecular weight excluding hydrogens is 376 g/mol. The Kier molecular flexibility index (Phi) is 6.81. The van der Waals surface area contributed by atoms with Gasteiger partial charge in [0.15, 0.2) is 0 Å². The van der Waals surface area contributed by atoms with Crippen molar-refractivity contribution in [3.63, 3.8) is 0 Å². The molecule has 1 amide bonds. The Morgan fingerprint density at radius 3 is 2.30 bits per heavy atom. The molecule has 4 saturated carbocycles. The molecule has 5 heteroatoms. The molecule has 5 rings (SSSR count). The van der Waals surface area contributed by atoms with Crippen molar-refractivity contribution in [3.05, 3.63) is 35.9 Å². The summed E-state index contributed by atoms with van der Waals surface area (Å²) in [5, 5.41) is 22.9. The molecule has 3 N–H and O–H groups in total. The van der Waals surface area contributed by atoms with Gasteiger partial charge in [0.25, 0.3) is 0 Å². The van der Waals surface area contributed by atoms with E-state index >= 15 is 0 Å². The van der Waals surface area contributed by atoms with E-state index in [9.17, 15) is 9.90 Å². The van der Waals surface area contributed by atoms with Crippen molar-refractivity contribution in [3.8, 4) is 0 Å². The largest absolute Gasteiger partial charge is 0.395 e. The molecule has 1 aromatic carbocycles. The van der Waals surface area contributed by atoms with Crippen LogP contribution in [0.3, 0.4) is 0 Å². The van der Waals surface area contributed by atoms with E-state index in [1.54, 1.807) is 0 Å². The van der Waals surface area contributed by atoms with Gasteiger partial charge in [-0.3, -0.25) is 4.79 Å². The number of carbonyl (C=O) groups excluding carboxylic acids is 1. The average molecular weight is 415 g/mol. The molecule has 0 aromatic heterocycles. The number of nitrogens with zero attached hydrogens (tertiary/aromatic N) is 1. The van der Waals surface area contributed by atoms with Gasteiger partial charge in [0, 0.05) is 24.9 Å². The Morgan fingerprint density at radius 2 is 1.73 bits per heavy atom. The summed E-state index contributed by atoms with van der Waals surface area (Å²) in [6, 6.07) is 10.7. The van der Waals surface area contributed by atoms with Crippen molar-refractivity contribution in [1.82, 2.24) is 10.2 Å². The van der Waals surface area contributed by atoms with Gasteiger partial charge in [-0.25, -0.2) is 0 Å². The number of aliphatic hydroxyl groups excluding tert-OH is 2. The van der Waals surface area contributed by atoms with Gasteiger partial charge in [0.1, 0.15) is 0 Å². The highest BCUT2D eigenvalue weighted by molar-refractivity contribution is 5.78. The lowest BCUT2D eigenvalue weighted by atomic mass is 9.42. The van der Waals surface area contributed by atoms with Gasteiger partial charge >= 0.3 is 0 Å². The number of amides is 1. The predicted molar refractivity (Wildman–Crippen MR) is 118 cm³/mol. The first kappa shape index (κ1) is 21.8. The molecule has 4 aliphatic rings. The maximum Gasteiger partial charge on any atom is 0.220 e. The minimum Gasteiger partial charge on any atom is -0.395 e. The molecule has 0 heterocycles. The summed E-state index contributed by atoms with van der Waals surface area (Å²) in [5.41, 5.74) is 1.24. The number of carbonyl (C=O) groups is 1. The third-order valence-corrected chi connectivity index (χ3v) is 8.37. The maximum absolute atomic E-state index is 13.1. The highest BCUT2D eigenvalue weighted by Crippen LogP contribution is 2.64. The molecule has 0 aliphatic heterocycles. The highest BCUT2D eigenvalue weighted by Gasteiger charge is 2.60. The lowest BCUT2D eigenvalue weighted by molar-refractivity contribution is -0.147. The Hall–Kier alpha value is -1.43. The number of benzene rings is 1. The van der Waals surface area contributed by atoms with Crippen molar-refractivity contribution < 1.29 is 15.0 Å². The number of hydrogen-bond donors (Lipinski definition) is 3. The van der Waals surface area contributed by atoms with Crippen LogP contribution in [0, 0.1) is 23.7 Å². The fraction of sp³-hybridized carbons (Fsp3) is 0.720. The van der Waals surface area contributed by atoms with Crippen LogP contribution in [0.25, 0.3) is 0 Å². The van der Waals surface area contributed by atoms with E-state index in [-0.39, 0.29) is 24.0 Å². The van der Waals surface area contributed by atoms with Gasteiger partial charge in [-0.15, -0.1) is 0 Å². The molecule has 166 valence electrons. The number of likely N-dealkylation sites (N-methyl/N-ethyl adjacent to an activating group) is 1. The van der Waals surface area contributed by atoms with Gasteiger partial charge in [-0.2, -0.15) is 0 Å². The van der Waals surface area contributed by atoms with Crippen molar-refractivity contribution in [2.75, 3.05) is 32.8 Å². The predicted octanol–water partition coefficient (Wildman–Crippen LogP) is 2.56. The maximum atomic E-state index is 13.1. The van der Waals surface area contributed by atoms with Crippen LogP contribution in [-0.2, 0) is 10.2 Å². The Balaban J connectivity index is 1.43. The van der Waals surface area contributed by atoms with Crippen molar-refractivity contribution in [2.24, 2.45) is 23.7 Å². The number of hydrogen-bond acceptors (Lipinski definition) is 4. The minimum absolute atomic E-state index is 0.0785. The van der Waals surface area contributed by atoms with Crippen LogP contribution >= 0.6 is 0 Å². The molecule has 4 fully saturated rings. The zero-order valence-electron chi connectivity index (χ0n) is 18.3. The third kappa shape index (κ3) is 4.04. The zero-order valence-corrected chi connectivity index (χ0v) is 18.3. The van der Waals surface area contributed by atoms with Gasteiger partial charge < -0.3 is 20.4 Å². The first-order valence-corrected chi connectivity index (χ1v) is 11.9. The zero-order chi connectivity index (χ0) is 21.1. The van der Waals surface area contributed by atoms with E-state index in [1.807, 2.05) is 0 Å². The molecule has 0 atom stereocenters. The molecule has 0 spiro atoms. The summed E-state index contributed by atoms with van der Waals surface area (Å²) in [6.45, 7) is 5.47.